The fourth-order valence-corrected chi connectivity index (χ4v) is 4.32. The number of hydrogen-bond acceptors (Lipinski definition) is 4. The second-order valence-corrected chi connectivity index (χ2v) is 9.41. The van der Waals surface area contributed by atoms with Gasteiger partial charge >= 0.3 is 0 Å². The standard InChI is InChI=1S/C24H31N3O3S/c1-16(2)17(3)25-23(29)21(26-22(28)20-10-7-15-31-20)18-11-13-27(14-12-18)24(30)19-8-5-4-6-9-19/h4-10,15-18,21H,11-14H2,1-3H3,(H,25,29)(H,26,28)/t17-,21-/m0/s1. The number of rotatable bonds is 7. The van der Waals surface area contributed by atoms with E-state index >= 15 is 0 Å². The molecule has 2 atom stereocenters. The van der Waals surface area contributed by atoms with E-state index in [0.29, 0.717) is 42.3 Å². The predicted molar refractivity (Wildman–Crippen MR) is 123 cm³/mol. The average Bonchev–Trinajstić information content (AvgIpc) is 3.32. The van der Waals surface area contributed by atoms with Gasteiger partial charge in [-0.15, -0.1) is 11.3 Å². The third-order valence-electron chi connectivity index (χ3n) is 6.00. The number of amides is 3. The summed E-state index contributed by atoms with van der Waals surface area (Å²) in [6.07, 6.45) is 1.33. The zero-order chi connectivity index (χ0) is 22.4. The fourth-order valence-electron chi connectivity index (χ4n) is 3.70. The van der Waals surface area contributed by atoms with Crippen LogP contribution in [0.3, 0.4) is 0 Å². The van der Waals surface area contributed by atoms with Gasteiger partial charge in [0.2, 0.25) is 5.91 Å². The highest BCUT2D eigenvalue weighted by Gasteiger charge is 2.35. The third-order valence-corrected chi connectivity index (χ3v) is 6.87. The Morgan fingerprint density at radius 3 is 2.23 bits per heavy atom. The molecule has 0 saturated carbocycles. The van der Waals surface area contributed by atoms with Crippen molar-refractivity contribution >= 4 is 29.1 Å². The van der Waals surface area contributed by atoms with Gasteiger partial charge in [-0.25, -0.2) is 0 Å². The van der Waals surface area contributed by atoms with Crippen molar-refractivity contribution < 1.29 is 14.4 Å². The van der Waals surface area contributed by atoms with Crippen LogP contribution in [-0.2, 0) is 4.79 Å². The van der Waals surface area contributed by atoms with Gasteiger partial charge in [-0.05, 0) is 55.2 Å². The molecule has 0 radical (unpaired) electrons. The SMILES string of the molecule is CC(C)[C@H](C)NC(=O)[C@@H](NC(=O)c1cccs1)C1CCN(C(=O)c2ccccc2)CC1. The molecule has 1 aromatic heterocycles. The molecule has 2 N–H and O–H groups in total. The van der Waals surface area contributed by atoms with Gasteiger partial charge in [-0.1, -0.05) is 38.1 Å². The highest BCUT2D eigenvalue weighted by molar-refractivity contribution is 7.12. The lowest BCUT2D eigenvalue weighted by molar-refractivity contribution is -0.125. The number of benzene rings is 1. The van der Waals surface area contributed by atoms with E-state index < -0.39 is 6.04 Å². The van der Waals surface area contributed by atoms with E-state index in [1.165, 1.54) is 11.3 Å². The average molecular weight is 442 g/mol. The van der Waals surface area contributed by atoms with Gasteiger partial charge in [-0.2, -0.15) is 0 Å². The maximum absolute atomic E-state index is 13.1. The molecule has 31 heavy (non-hydrogen) atoms. The molecule has 0 spiro atoms. The van der Waals surface area contributed by atoms with Gasteiger partial charge in [0, 0.05) is 24.7 Å². The van der Waals surface area contributed by atoms with Gasteiger partial charge in [0.05, 0.1) is 4.88 Å². The maximum atomic E-state index is 13.1. The quantitative estimate of drug-likeness (QED) is 0.690. The summed E-state index contributed by atoms with van der Waals surface area (Å²) in [5.41, 5.74) is 0.673. The molecule has 1 saturated heterocycles. The highest BCUT2D eigenvalue weighted by atomic mass is 32.1. The summed E-state index contributed by atoms with van der Waals surface area (Å²) in [6.45, 7) is 7.21. The Morgan fingerprint density at radius 1 is 0.968 bits per heavy atom. The third kappa shape index (κ3) is 5.94. The number of hydrogen-bond donors (Lipinski definition) is 2. The van der Waals surface area contributed by atoms with Crippen LogP contribution < -0.4 is 10.6 Å². The summed E-state index contributed by atoms with van der Waals surface area (Å²) in [5, 5.41) is 7.87. The summed E-state index contributed by atoms with van der Waals surface area (Å²) in [6, 6.07) is 12.2. The van der Waals surface area contributed by atoms with Crippen LogP contribution in [0.25, 0.3) is 0 Å². The summed E-state index contributed by atoms with van der Waals surface area (Å²) in [4.78, 5) is 41.0. The molecule has 166 valence electrons. The minimum Gasteiger partial charge on any atom is -0.352 e. The molecule has 2 aromatic rings. The van der Waals surface area contributed by atoms with Crippen LogP contribution in [-0.4, -0.2) is 47.8 Å². The number of nitrogens with one attached hydrogen (secondary N) is 2. The van der Waals surface area contributed by atoms with Gasteiger partial charge in [0.25, 0.3) is 11.8 Å². The lowest BCUT2D eigenvalue weighted by atomic mass is 9.88. The molecule has 1 aromatic carbocycles. The number of carbonyl (C=O) groups is 3. The number of piperidine rings is 1. The molecule has 7 heteroatoms. The van der Waals surface area contributed by atoms with Crippen molar-refractivity contribution in [2.24, 2.45) is 11.8 Å². The molecule has 1 fully saturated rings. The first-order chi connectivity index (χ1) is 14.9. The minimum absolute atomic E-state index is 0.00777. The largest absolute Gasteiger partial charge is 0.352 e. The molecule has 0 bridgehead atoms. The van der Waals surface area contributed by atoms with Crippen LogP contribution in [0.2, 0.25) is 0 Å². The molecular formula is C24H31N3O3S. The van der Waals surface area contributed by atoms with Gasteiger partial charge in [-0.3, -0.25) is 14.4 Å². The minimum atomic E-state index is -0.621. The molecular weight excluding hydrogens is 410 g/mol. The Bertz CT molecular complexity index is 875. The maximum Gasteiger partial charge on any atom is 0.262 e. The van der Waals surface area contributed by atoms with E-state index in [-0.39, 0.29) is 29.7 Å². The Labute approximate surface area is 188 Å². The van der Waals surface area contributed by atoms with E-state index in [1.807, 2.05) is 53.6 Å². The number of likely N-dealkylation sites (tertiary alicyclic amines) is 1. The predicted octanol–water partition coefficient (Wildman–Crippen LogP) is 3.56. The first-order valence-electron chi connectivity index (χ1n) is 10.9. The molecule has 2 heterocycles. The summed E-state index contributed by atoms with van der Waals surface area (Å²) < 4.78 is 0. The monoisotopic (exact) mass is 441 g/mol. The Morgan fingerprint density at radius 2 is 1.65 bits per heavy atom. The summed E-state index contributed by atoms with van der Waals surface area (Å²) >= 11 is 1.36. The summed E-state index contributed by atoms with van der Waals surface area (Å²) in [7, 11) is 0. The fraction of sp³-hybridized carbons (Fsp3) is 0.458. The zero-order valence-corrected chi connectivity index (χ0v) is 19.2. The lowest BCUT2D eigenvalue weighted by Gasteiger charge is -2.36. The van der Waals surface area contributed by atoms with Crippen molar-refractivity contribution in [1.82, 2.24) is 15.5 Å². The Hall–Kier alpha value is -2.67. The highest BCUT2D eigenvalue weighted by Crippen LogP contribution is 2.23. The Balaban J connectivity index is 1.68. The summed E-state index contributed by atoms with van der Waals surface area (Å²) in [5.74, 6) is -0.101. The molecule has 1 aliphatic heterocycles. The van der Waals surface area contributed by atoms with E-state index in [1.54, 1.807) is 6.07 Å². The smallest absolute Gasteiger partial charge is 0.262 e. The van der Waals surface area contributed by atoms with E-state index in [9.17, 15) is 14.4 Å². The van der Waals surface area contributed by atoms with Crippen LogP contribution in [0.1, 0.15) is 53.6 Å². The first kappa shape index (κ1) is 23.0. The molecule has 0 aliphatic carbocycles. The lowest BCUT2D eigenvalue weighted by Crippen LogP contribution is -2.55. The van der Waals surface area contributed by atoms with Crippen molar-refractivity contribution in [1.29, 1.82) is 0 Å². The van der Waals surface area contributed by atoms with Crippen LogP contribution in [0.15, 0.2) is 47.8 Å². The zero-order valence-electron chi connectivity index (χ0n) is 18.3. The topological polar surface area (TPSA) is 78.5 Å². The molecule has 0 unspecified atom stereocenters. The van der Waals surface area contributed by atoms with Crippen LogP contribution >= 0.6 is 11.3 Å². The van der Waals surface area contributed by atoms with Crippen LogP contribution in [0.4, 0.5) is 0 Å². The van der Waals surface area contributed by atoms with Crippen molar-refractivity contribution in [2.75, 3.05) is 13.1 Å². The van der Waals surface area contributed by atoms with Gasteiger partial charge < -0.3 is 15.5 Å². The molecule has 6 nitrogen and oxygen atoms in total. The van der Waals surface area contributed by atoms with E-state index in [2.05, 4.69) is 24.5 Å². The molecule has 3 rings (SSSR count). The van der Waals surface area contributed by atoms with E-state index in [4.69, 9.17) is 0 Å². The number of thiophene rings is 1. The molecule has 1 aliphatic rings. The van der Waals surface area contributed by atoms with Gasteiger partial charge in [0.15, 0.2) is 0 Å². The number of nitrogens with zero attached hydrogens (tertiary/aromatic N) is 1. The first-order valence-corrected chi connectivity index (χ1v) is 11.7. The van der Waals surface area contributed by atoms with Crippen LogP contribution in [0.5, 0.6) is 0 Å². The Kier molecular flexibility index (Phi) is 7.85. The van der Waals surface area contributed by atoms with Crippen LogP contribution in [0, 0.1) is 11.8 Å². The molecule has 3 amide bonds. The number of carbonyl (C=O) groups excluding carboxylic acids is 3. The van der Waals surface area contributed by atoms with Gasteiger partial charge in [0.1, 0.15) is 6.04 Å². The van der Waals surface area contributed by atoms with E-state index in [0.717, 1.165) is 0 Å². The van der Waals surface area contributed by atoms with Crippen molar-refractivity contribution in [3.05, 3.63) is 58.3 Å². The van der Waals surface area contributed by atoms with Crippen molar-refractivity contribution in [3.8, 4) is 0 Å². The van der Waals surface area contributed by atoms with Crippen molar-refractivity contribution in [3.63, 3.8) is 0 Å². The normalized spacial score (nSPS) is 16.6. The van der Waals surface area contributed by atoms with Crippen molar-refractivity contribution in [2.45, 2.75) is 45.7 Å². The second kappa shape index (κ2) is 10.6. The second-order valence-electron chi connectivity index (χ2n) is 8.47.